The van der Waals surface area contributed by atoms with Gasteiger partial charge in [-0.1, -0.05) is 6.92 Å². The van der Waals surface area contributed by atoms with Crippen LogP contribution in [-0.4, -0.2) is 47.2 Å². The predicted octanol–water partition coefficient (Wildman–Crippen LogP) is -0.545. The van der Waals surface area contributed by atoms with E-state index in [0.717, 1.165) is 0 Å². The number of quaternary nitrogens is 1. The number of rotatable bonds is 5. The molecule has 0 bridgehead atoms. The lowest BCUT2D eigenvalue weighted by atomic mass is 9.90. The van der Waals surface area contributed by atoms with Crippen molar-refractivity contribution < 1.29 is 24.3 Å². The van der Waals surface area contributed by atoms with Gasteiger partial charge in [0.1, 0.15) is 5.97 Å². The molecule has 0 spiro atoms. The van der Waals surface area contributed by atoms with E-state index in [4.69, 9.17) is 5.11 Å². The van der Waals surface area contributed by atoms with E-state index >= 15 is 0 Å². The zero-order valence-corrected chi connectivity index (χ0v) is 9.90. The Morgan fingerprint density at radius 2 is 1.80 bits per heavy atom. The van der Waals surface area contributed by atoms with Crippen molar-refractivity contribution in [2.45, 2.75) is 38.8 Å². The molecule has 5 nitrogen and oxygen atoms in total. The first-order chi connectivity index (χ1) is 6.64. The van der Waals surface area contributed by atoms with Crippen LogP contribution in [0.15, 0.2) is 0 Å². The number of aliphatic carboxylic acids is 2. The van der Waals surface area contributed by atoms with Crippen molar-refractivity contribution in [3.63, 3.8) is 0 Å². The number of carbonyl (C=O) groups is 2. The molecule has 0 rings (SSSR count). The third-order valence-electron chi connectivity index (χ3n) is 3.48. The fourth-order valence-corrected chi connectivity index (χ4v) is 1.71. The number of carbonyl (C=O) groups excluding carboxylic acids is 1. The molecule has 0 saturated carbocycles. The van der Waals surface area contributed by atoms with Crippen LogP contribution in [0.4, 0.5) is 0 Å². The SMILES string of the molecule is CCC(C(=O)[O-])(C(=O)O)[N+](C)(C)C(C)C. The first-order valence-corrected chi connectivity index (χ1v) is 4.93. The van der Waals surface area contributed by atoms with E-state index in [-0.39, 0.29) is 16.9 Å². The van der Waals surface area contributed by atoms with Crippen LogP contribution in [0.5, 0.6) is 0 Å². The molecule has 1 atom stereocenters. The Bertz CT molecular complexity index is 257. The van der Waals surface area contributed by atoms with Gasteiger partial charge in [0, 0.05) is 6.42 Å². The summed E-state index contributed by atoms with van der Waals surface area (Å²) < 4.78 is -0.138. The summed E-state index contributed by atoms with van der Waals surface area (Å²) in [5.41, 5.74) is -1.88. The lowest BCUT2D eigenvalue weighted by molar-refractivity contribution is -0.944. The van der Waals surface area contributed by atoms with Crippen molar-refractivity contribution in [2.24, 2.45) is 0 Å². The highest BCUT2D eigenvalue weighted by molar-refractivity contribution is 6.00. The van der Waals surface area contributed by atoms with Gasteiger partial charge in [0.15, 0.2) is 0 Å². The fourth-order valence-electron chi connectivity index (χ4n) is 1.71. The van der Waals surface area contributed by atoms with E-state index in [1.165, 1.54) is 0 Å². The summed E-state index contributed by atoms with van der Waals surface area (Å²) in [5, 5.41) is 20.3. The molecule has 0 amide bonds. The topological polar surface area (TPSA) is 77.4 Å². The third kappa shape index (κ3) is 1.84. The number of carboxylic acids is 2. The Labute approximate surface area is 89.9 Å². The highest BCUT2D eigenvalue weighted by Crippen LogP contribution is 2.28. The van der Waals surface area contributed by atoms with Crippen molar-refractivity contribution >= 4 is 11.9 Å². The smallest absolute Gasteiger partial charge is 0.372 e. The van der Waals surface area contributed by atoms with Crippen LogP contribution in [0.3, 0.4) is 0 Å². The maximum absolute atomic E-state index is 11.2. The summed E-state index contributed by atoms with van der Waals surface area (Å²) in [7, 11) is 3.19. The standard InChI is InChI=1S/C10H19NO4/c1-6-10(8(12)13,9(14)15)11(4,5)7(2)3/h7H,6H2,1-5H3,(H-,12,13,14,15). The molecule has 15 heavy (non-hydrogen) atoms. The summed E-state index contributed by atoms with van der Waals surface area (Å²) in [6.07, 6.45) is -0.00412. The number of hydrogen-bond donors (Lipinski definition) is 1. The van der Waals surface area contributed by atoms with Crippen molar-refractivity contribution in [1.82, 2.24) is 0 Å². The van der Waals surface area contributed by atoms with Crippen LogP contribution < -0.4 is 5.11 Å². The normalized spacial score (nSPS) is 16.1. The van der Waals surface area contributed by atoms with Gasteiger partial charge >= 0.3 is 5.97 Å². The zero-order chi connectivity index (χ0) is 12.4. The Hall–Kier alpha value is -1.10. The second-order valence-corrected chi connectivity index (χ2v) is 4.44. The molecule has 0 aliphatic carbocycles. The van der Waals surface area contributed by atoms with Gasteiger partial charge in [-0.05, 0) is 13.8 Å². The Kier molecular flexibility index (Phi) is 3.88. The average molecular weight is 217 g/mol. The van der Waals surface area contributed by atoms with Crippen LogP contribution in [0.1, 0.15) is 27.2 Å². The summed E-state index contributed by atoms with van der Waals surface area (Å²) in [4.78, 5) is 22.3. The Morgan fingerprint density at radius 3 is 1.87 bits per heavy atom. The van der Waals surface area contributed by atoms with Crippen LogP contribution >= 0.6 is 0 Å². The van der Waals surface area contributed by atoms with Crippen LogP contribution in [0.25, 0.3) is 0 Å². The molecule has 88 valence electrons. The van der Waals surface area contributed by atoms with Gasteiger partial charge in [0.25, 0.3) is 0 Å². The minimum absolute atomic E-state index is 0.00412. The van der Waals surface area contributed by atoms with Gasteiger partial charge in [-0.3, -0.25) is 0 Å². The lowest BCUT2D eigenvalue weighted by Gasteiger charge is -2.48. The Balaban J connectivity index is 5.66. The van der Waals surface area contributed by atoms with Crippen LogP contribution in [-0.2, 0) is 9.59 Å². The minimum Gasteiger partial charge on any atom is -0.543 e. The van der Waals surface area contributed by atoms with E-state index in [9.17, 15) is 14.7 Å². The van der Waals surface area contributed by atoms with E-state index in [0.29, 0.717) is 0 Å². The van der Waals surface area contributed by atoms with E-state index in [2.05, 4.69) is 0 Å². The molecule has 0 radical (unpaired) electrons. The average Bonchev–Trinajstić information content (AvgIpc) is 2.03. The number of carboxylic acid groups (broad SMARTS) is 2. The molecule has 0 aliphatic rings. The number of hydrogen-bond acceptors (Lipinski definition) is 3. The van der Waals surface area contributed by atoms with Crippen molar-refractivity contribution in [2.75, 3.05) is 14.1 Å². The maximum Gasteiger partial charge on any atom is 0.372 e. The van der Waals surface area contributed by atoms with Gasteiger partial charge in [-0.15, -0.1) is 0 Å². The minimum atomic E-state index is -1.88. The molecule has 0 aromatic carbocycles. The van der Waals surface area contributed by atoms with Gasteiger partial charge < -0.3 is 19.5 Å². The quantitative estimate of drug-likeness (QED) is 0.495. The van der Waals surface area contributed by atoms with Crippen LogP contribution in [0, 0.1) is 0 Å². The van der Waals surface area contributed by atoms with Crippen molar-refractivity contribution in [3.05, 3.63) is 0 Å². The Morgan fingerprint density at radius 1 is 1.40 bits per heavy atom. The largest absolute Gasteiger partial charge is 0.543 e. The number of nitrogens with zero attached hydrogens (tertiary/aromatic N) is 1. The molecule has 0 heterocycles. The molecule has 0 aliphatic heterocycles. The second-order valence-electron chi connectivity index (χ2n) is 4.44. The summed E-state index contributed by atoms with van der Waals surface area (Å²) in [6.45, 7) is 5.12. The fraction of sp³-hybridized carbons (Fsp3) is 0.800. The van der Waals surface area contributed by atoms with E-state index in [1.54, 1.807) is 34.9 Å². The third-order valence-corrected chi connectivity index (χ3v) is 3.48. The molecule has 5 heteroatoms. The highest BCUT2D eigenvalue weighted by Gasteiger charge is 2.54. The maximum atomic E-state index is 11.2. The number of likely N-dealkylation sites (N-methyl/N-ethyl adjacent to an activating group) is 1. The zero-order valence-electron chi connectivity index (χ0n) is 9.90. The van der Waals surface area contributed by atoms with Crippen molar-refractivity contribution in [1.29, 1.82) is 0 Å². The second kappa shape index (κ2) is 4.18. The first kappa shape index (κ1) is 13.9. The molecular weight excluding hydrogens is 198 g/mol. The van der Waals surface area contributed by atoms with Gasteiger partial charge in [0.2, 0.25) is 5.54 Å². The predicted molar refractivity (Wildman–Crippen MR) is 52.9 cm³/mol. The molecule has 0 aromatic heterocycles. The highest BCUT2D eigenvalue weighted by atomic mass is 16.4. The summed E-state index contributed by atoms with van der Waals surface area (Å²) in [6, 6.07) is -0.126. The molecule has 1 N–H and O–H groups in total. The van der Waals surface area contributed by atoms with Crippen molar-refractivity contribution in [3.8, 4) is 0 Å². The monoisotopic (exact) mass is 217 g/mol. The van der Waals surface area contributed by atoms with Gasteiger partial charge in [-0.25, -0.2) is 4.79 Å². The first-order valence-electron chi connectivity index (χ1n) is 4.93. The summed E-state index contributed by atoms with van der Waals surface area (Å²) in [5.74, 6) is -2.88. The molecule has 0 aromatic rings. The lowest BCUT2D eigenvalue weighted by Crippen LogP contribution is -2.73. The van der Waals surface area contributed by atoms with Crippen LogP contribution in [0.2, 0.25) is 0 Å². The molecule has 0 saturated heterocycles. The van der Waals surface area contributed by atoms with E-state index in [1.807, 2.05) is 0 Å². The molecule has 0 fully saturated rings. The molecular formula is C10H19NO4. The van der Waals surface area contributed by atoms with Gasteiger partial charge in [0.05, 0.1) is 20.1 Å². The molecule has 1 unspecified atom stereocenters. The van der Waals surface area contributed by atoms with Gasteiger partial charge in [-0.2, -0.15) is 0 Å². The van der Waals surface area contributed by atoms with E-state index < -0.39 is 17.5 Å². The summed E-state index contributed by atoms with van der Waals surface area (Å²) >= 11 is 0.